The monoisotopic (exact) mass is 394 g/mol. The number of fused-ring (bicyclic) bond motifs is 1. The Morgan fingerprint density at radius 3 is 2.50 bits per heavy atom. The molecule has 1 amide bonds. The van der Waals surface area contributed by atoms with Gasteiger partial charge in [0.15, 0.2) is 0 Å². The molecule has 1 aromatic heterocycles. The minimum atomic E-state index is -0.786. The molecule has 1 aliphatic carbocycles. The fraction of sp³-hybridized carbons (Fsp3) is 0.318. The van der Waals surface area contributed by atoms with Gasteiger partial charge in [0.25, 0.3) is 0 Å². The molecule has 5 nitrogen and oxygen atoms in total. The number of benzene rings is 2. The number of hydrogen-bond donors (Lipinski definition) is 2. The lowest BCUT2D eigenvalue weighted by molar-refractivity contribution is -0.146. The zero-order valence-corrected chi connectivity index (χ0v) is 16.4. The van der Waals surface area contributed by atoms with Crippen LogP contribution in [0.1, 0.15) is 30.3 Å². The van der Waals surface area contributed by atoms with E-state index in [1.807, 2.05) is 61.5 Å². The Labute approximate surface area is 167 Å². The summed E-state index contributed by atoms with van der Waals surface area (Å²) in [5.41, 5.74) is 1.10. The van der Waals surface area contributed by atoms with E-state index >= 15 is 0 Å². The standard InChI is InChI=1S/C22H22N2O3S/c1-22(15-7-3-2-4-8-15,21(27)23-16-11-14(12-16)20(25)26)13-19-24-17-9-5-6-10-18(17)28-19/h2-10,14,16H,11-13H2,1H3,(H,23,27)(H,25,26). The Balaban J connectivity index is 1.59. The van der Waals surface area contributed by atoms with Gasteiger partial charge in [-0.3, -0.25) is 9.59 Å². The second-order valence-electron chi connectivity index (χ2n) is 7.63. The third-order valence-electron chi connectivity index (χ3n) is 5.58. The number of carbonyl (C=O) groups excluding carboxylic acids is 1. The van der Waals surface area contributed by atoms with Crippen LogP contribution in [0.25, 0.3) is 10.2 Å². The van der Waals surface area contributed by atoms with Crippen LogP contribution in [0, 0.1) is 5.92 Å². The summed E-state index contributed by atoms with van der Waals surface area (Å²) < 4.78 is 1.11. The summed E-state index contributed by atoms with van der Waals surface area (Å²) in [6.45, 7) is 1.94. The van der Waals surface area contributed by atoms with Gasteiger partial charge in [-0.1, -0.05) is 42.5 Å². The van der Waals surface area contributed by atoms with E-state index in [2.05, 4.69) is 5.32 Å². The summed E-state index contributed by atoms with van der Waals surface area (Å²) >= 11 is 1.61. The Morgan fingerprint density at radius 2 is 1.82 bits per heavy atom. The number of carboxylic acid groups (broad SMARTS) is 1. The molecule has 0 spiro atoms. The van der Waals surface area contributed by atoms with E-state index in [1.54, 1.807) is 11.3 Å². The van der Waals surface area contributed by atoms with Gasteiger partial charge in [0.1, 0.15) is 0 Å². The molecule has 1 aliphatic rings. The van der Waals surface area contributed by atoms with E-state index in [0.717, 1.165) is 20.8 Å². The number of nitrogens with one attached hydrogen (secondary N) is 1. The zero-order valence-electron chi connectivity index (χ0n) is 15.6. The number of para-hydroxylation sites is 1. The normalized spacial score (nSPS) is 20.9. The molecule has 4 rings (SSSR count). The second kappa shape index (κ2) is 7.36. The molecule has 1 unspecified atom stereocenters. The predicted octanol–water partition coefficient (Wildman–Crippen LogP) is 3.78. The first-order valence-corrected chi connectivity index (χ1v) is 10.2. The lowest BCUT2D eigenvalue weighted by Crippen LogP contribution is -2.53. The SMILES string of the molecule is CC(Cc1nc2ccccc2s1)(C(=O)NC1CC(C(=O)O)C1)c1ccccc1. The Bertz CT molecular complexity index is 978. The molecule has 28 heavy (non-hydrogen) atoms. The first kappa shape index (κ1) is 18.6. The molecule has 0 bridgehead atoms. The molecule has 1 fully saturated rings. The summed E-state index contributed by atoms with van der Waals surface area (Å²) in [6, 6.07) is 17.6. The van der Waals surface area contributed by atoms with Crippen molar-refractivity contribution in [2.45, 2.75) is 37.6 Å². The van der Waals surface area contributed by atoms with E-state index in [9.17, 15) is 9.59 Å². The number of carboxylic acids is 1. The van der Waals surface area contributed by atoms with Crippen molar-refractivity contribution < 1.29 is 14.7 Å². The van der Waals surface area contributed by atoms with Crippen molar-refractivity contribution in [2.75, 3.05) is 0 Å². The molecule has 3 aromatic rings. The maximum atomic E-state index is 13.3. The first-order chi connectivity index (χ1) is 13.5. The minimum absolute atomic E-state index is 0.0768. The highest BCUT2D eigenvalue weighted by Gasteiger charge is 2.41. The predicted molar refractivity (Wildman–Crippen MR) is 109 cm³/mol. The van der Waals surface area contributed by atoms with Gasteiger partial charge in [0.2, 0.25) is 5.91 Å². The van der Waals surface area contributed by atoms with Crippen LogP contribution in [-0.2, 0) is 21.4 Å². The molecule has 2 aromatic carbocycles. The smallest absolute Gasteiger partial charge is 0.306 e. The van der Waals surface area contributed by atoms with Crippen LogP contribution in [0.4, 0.5) is 0 Å². The summed E-state index contributed by atoms with van der Waals surface area (Å²) in [5.74, 6) is -1.21. The van der Waals surface area contributed by atoms with Crippen LogP contribution in [0.5, 0.6) is 0 Å². The summed E-state index contributed by atoms with van der Waals surface area (Å²) in [6.07, 6.45) is 1.48. The second-order valence-corrected chi connectivity index (χ2v) is 8.74. The van der Waals surface area contributed by atoms with Gasteiger partial charge in [-0.05, 0) is 37.5 Å². The molecule has 0 aliphatic heterocycles. The number of aliphatic carboxylic acids is 1. The van der Waals surface area contributed by atoms with Crippen LogP contribution in [0.2, 0.25) is 0 Å². The number of rotatable bonds is 6. The Morgan fingerprint density at radius 1 is 1.14 bits per heavy atom. The van der Waals surface area contributed by atoms with Crippen molar-refractivity contribution in [3.8, 4) is 0 Å². The van der Waals surface area contributed by atoms with Crippen LogP contribution in [0.15, 0.2) is 54.6 Å². The Kier molecular flexibility index (Phi) is 4.89. The molecular weight excluding hydrogens is 372 g/mol. The highest BCUT2D eigenvalue weighted by atomic mass is 32.1. The average Bonchev–Trinajstić information content (AvgIpc) is 3.06. The van der Waals surface area contributed by atoms with Gasteiger partial charge in [-0.25, -0.2) is 4.98 Å². The van der Waals surface area contributed by atoms with Crippen LogP contribution in [-0.4, -0.2) is 28.0 Å². The maximum absolute atomic E-state index is 13.3. The van der Waals surface area contributed by atoms with Gasteiger partial charge >= 0.3 is 5.97 Å². The molecule has 2 N–H and O–H groups in total. The number of carbonyl (C=O) groups is 2. The largest absolute Gasteiger partial charge is 0.481 e. The average molecular weight is 394 g/mol. The molecule has 0 saturated heterocycles. The fourth-order valence-electron chi connectivity index (χ4n) is 3.70. The highest BCUT2D eigenvalue weighted by Crippen LogP contribution is 2.34. The van der Waals surface area contributed by atoms with Crippen LogP contribution >= 0.6 is 11.3 Å². The molecule has 1 atom stereocenters. The minimum Gasteiger partial charge on any atom is -0.481 e. The van der Waals surface area contributed by atoms with Gasteiger partial charge < -0.3 is 10.4 Å². The van der Waals surface area contributed by atoms with Crippen molar-refractivity contribution >= 4 is 33.4 Å². The van der Waals surface area contributed by atoms with E-state index in [0.29, 0.717) is 19.3 Å². The van der Waals surface area contributed by atoms with E-state index in [4.69, 9.17) is 10.1 Å². The number of nitrogens with zero attached hydrogens (tertiary/aromatic N) is 1. The molecule has 1 heterocycles. The fourth-order valence-corrected chi connectivity index (χ4v) is 4.82. The van der Waals surface area contributed by atoms with Gasteiger partial charge in [0.05, 0.1) is 26.6 Å². The number of amides is 1. The summed E-state index contributed by atoms with van der Waals surface area (Å²) in [4.78, 5) is 29.0. The molecule has 6 heteroatoms. The van der Waals surface area contributed by atoms with Gasteiger partial charge in [-0.15, -0.1) is 11.3 Å². The molecule has 0 radical (unpaired) electrons. The van der Waals surface area contributed by atoms with Gasteiger partial charge in [0, 0.05) is 12.5 Å². The number of hydrogen-bond acceptors (Lipinski definition) is 4. The lowest BCUT2D eigenvalue weighted by atomic mass is 9.76. The van der Waals surface area contributed by atoms with Crippen molar-refractivity contribution in [3.05, 3.63) is 65.2 Å². The number of aromatic nitrogens is 1. The lowest BCUT2D eigenvalue weighted by Gasteiger charge is -2.36. The molecule has 144 valence electrons. The molecular formula is C22H22N2O3S. The van der Waals surface area contributed by atoms with Crippen molar-refractivity contribution in [3.63, 3.8) is 0 Å². The maximum Gasteiger partial charge on any atom is 0.306 e. The van der Waals surface area contributed by atoms with E-state index < -0.39 is 11.4 Å². The summed E-state index contributed by atoms with van der Waals surface area (Å²) in [7, 11) is 0. The summed E-state index contributed by atoms with van der Waals surface area (Å²) in [5, 5.41) is 13.1. The van der Waals surface area contributed by atoms with Crippen LogP contribution < -0.4 is 5.32 Å². The van der Waals surface area contributed by atoms with E-state index in [1.165, 1.54) is 0 Å². The highest BCUT2D eigenvalue weighted by molar-refractivity contribution is 7.18. The van der Waals surface area contributed by atoms with Crippen LogP contribution in [0.3, 0.4) is 0 Å². The Hall–Kier alpha value is -2.73. The van der Waals surface area contributed by atoms with Crippen molar-refractivity contribution in [1.82, 2.24) is 10.3 Å². The van der Waals surface area contributed by atoms with Gasteiger partial charge in [-0.2, -0.15) is 0 Å². The molecule has 1 saturated carbocycles. The van der Waals surface area contributed by atoms with Crippen molar-refractivity contribution in [2.24, 2.45) is 5.92 Å². The van der Waals surface area contributed by atoms with Crippen molar-refractivity contribution in [1.29, 1.82) is 0 Å². The number of thiazole rings is 1. The quantitative estimate of drug-likeness (QED) is 0.667. The topological polar surface area (TPSA) is 79.3 Å². The zero-order chi connectivity index (χ0) is 19.7. The van der Waals surface area contributed by atoms with E-state index in [-0.39, 0.29) is 17.9 Å². The first-order valence-electron chi connectivity index (χ1n) is 9.39. The third kappa shape index (κ3) is 3.52. The third-order valence-corrected chi connectivity index (χ3v) is 6.61.